The van der Waals surface area contributed by atoms with Gasteiger partial charge >= 0.3 is 6.03 Å². The Hall–Kier alpha value is -2.53. The Labute approximate surface area is 170 Å². The van der Waals surface area contributed by atoms with Crippen LogP contribution in [0.3, 0.4) is 0 Å². The van der Waals surface area contributed by atoms with Crippen LogP contribution in [0.1, 0.15) is 18.4 Å². The summed E-state index contributed by atoms with van der Waals surface area (Å²) in [5.74, 6) is 0. The van der Waals surface area contributed by atoms with E-state index in [0.29, 0.717) is 25.2 Å². The summed E-state index contributed by atoms with van der Waals surface area (Å²) < 4.78 is 33.1. The quantitative estimate of drug-likeness (QED) is 0.538. The number of hydrogen-bond acceptors (Lipinski definition) is 6. The number of aromatic nitrogens is 1. The second-order valence-corrected chi connectivity index (χ2v) is 8.44. The lowest BCUT2D eigenvalue weighted by atomic mass is 10.1. The molecule has 4 N–H and O–H groups in total. The van der Waals surface area contributed by atoms with Crippen LogP contribution in [0.15, 0.2) is 53.7 Å². The van der Waals surface area contributed by atoms with E-state index in [0.717, 1.165) is 12.0 Å². The van der Waals surface area contributed by atoms with E-state index in [1.165, 1.54) is 12.1 Å². The van der Waals surface area contributed by atoms with E-state index in [2.05, 4.69) is 25.7 Å². The number of benzene rings is 1. The highest BCUT2D eigenvalue weighted by atomic mass is 32.2. The topological polar surface area (TPSA) is 121 Å². The number of rotatable bonds is 7. The van der Waals surface area contributed by atoms with Crippen LogP contribution >= 0.6 is 0 Å². The summed E-state index contributed by atoms with van der Waals surface area (Å²) in [5.41, 5.74) is 1.37. The smallest absolute Gasteiger partial charge is 0.319 e. The monoisotopic (exact) mass is 419 g/mol. The molecule has 0 spiro atoms. The second kappa shape index (κ2) is 9.79. The molecule has 1 saturated heterocycles. The highest BCUT2D eigenvalue weighted by molar-refractivity contribution is 7.89. The van der Waals surface area contributed by atoms with Gasteiger partial charge in [-0.2, -0.15) is 0 Å². The Balaban J connectivity index is 1.51. The normalized spacial score (nSPS) is 19.5. The van der Waals surface area contributed by atoms with Gasteiger partial charge < -0.3 is 15.4 Å². The number of urea groups is 1. The number of nitrogens with zero attached hydrogens (tertiary/aromatic N) is 1. The predicted octanol–water partition coefficient (Wildman–Crippen LogP) is 1.41. The third kappa shape index (κ3) is 6.23. The minimum absolute atomic E-state index is 0.0367. The zero-order chi connectivity index (χ0) is 20.7. The molecule has 1 aromatic heterocycles. The van der Waals surface area contributed by atoms with Gasteiger partial charge in [-0.3, -0.25) is 10.3 Å². The molecule has 0 radical (unpaired) electrons. The Morgan fingerprint density at radius 1 is 1.24 bits per heavy atom. The van der Waals surface area contributed by atoms with Crippen molar-refractivity contribution in [1.29, 1.82) is 0 Å². The van der Waals surface area contributed by atoms with Crippen LogP contribution in [0.4, 0.5) is 10.5 Å². The van der Waals surface area contributed by atoms with Crippen molar-refractivity contribution in [3.63, 3.8) is 0 Å². The van der Waals surface area contributed by atoms with Crippen molar-refractivity contribution < 1.29 is 17.9 Å². The van der Waals surface area contributed by atoms with Crippen molar-refractivity contribution >= 4 is 21.7 Å². The molecule has 2 unspecified atom stereocenters. The number of sulfonamides is 1. The van der Waals surface area contributed by atoms with Gasteiger partial charge in [0, 0.05) is 44.3 Å². The molecule has 1 aliphatic rings. The van der Waals surface area contributed by atoms with E-state index < -0.39 is 10.0 Å². The molecule has 156 valence electrons. The van der Waals surface area contributed by atoms with Gasteiger partial charge in [-0.25, -0.2) is 17.9 Å². The third-order valence-corrected chi connectivity index (χ3v) is 6.11. The van der Waals surface area contributed by atoms with Gasteiger partial charge in [0.2, 0.25) is 10.0 Å². The van der Waals surface area contributed by atoms with Gasteiger partial charge in [-0.15, -0.1) is 0 Å². The van der Waals surface area contributed by atoms with Crippen LogP contribution in [0, 0.1) is 0 Å². The lowest BCUT2D eigenvalue weighted by molar-refractivity contribution is 0.0468. The van der Waals surface area contributed by atoms with Crippen LogP contribution < -0.4 is 20.7 Å². The molecule has 2 atom stereocenters. The minimum atomic E-state index is -3.64. The summed E-state index contributed by atoms with van der Waals surface area (Å²) in [4.78, 5) is 16.1. The largest absolute Gasteiger partial charge is 0.367 e. The first-order valence-electron chi connectivity index (χ1n) is 9.28. The molecule has 29 heavy (non-hydrogen) atoms. The summed E-state index contributed by atoms with van der Waals surface area (Å²) in [5, 5.41) is 8.53. The maximum absolute atomic E-state index is 12.6. The molecule has 9 nitrogen and oxygen atoms in total. The summed E-state index contributed by atoms with van der Waals surface area (Å²) in [6.45, 7) is 0.851. The number of ether oxygens (including phenoxy) is 1. The lowest BCUT2D eigenvalue weighted by Gasteiger charge is -2.29. The van der Waals surface area contributed by atoms with Crippen molar-refractivity contribution in [1.82, 2.24) is 20.3 Å². The highest BCUT2D eigenvalue weighted by Crippen LogP contribution is 2.16. The van der Waals surface area contributed by atoms with Gasteiger partial charge in [0.25, 0.3) is 0 Å². The summed E-state index contributed by atoms with van der Waals surface area (Å²) in [6.07, 6.45) is 4.73. The van der Waals surface area contributed by atoms with Crippen molar-refractivity contribution in [2.45, 2.75) is 36.6 Å². The number of nitrogens with one attached hydrogen (secondary N) is 4. The summed E-state index contributed by atoms with van der Waals surface area (Å²) in [6, 6.07) is 9.11. The standard InChI is InChI=1S/C19H25N5O4S/c1-28-18-9-6-16(13-21-18)24-29(26,27)17-7-4-15(5-8-17)23-19(25)22-12-14-3-2-10-20-11-14/h2-5,7-8,10-11,16,18,21,24H,6,9,12-13H2,1H3,(H2,22,23,25). The van der Waals surface area contributed by atoms with Gasteiger partial charge in [0.05, 0.1) is 4.90 Å². The van der Waals surface area contributed by atoms with Crippen LogP contribution in [-0.2, 0) is 21.3 Å². The van der Waals surface area contributed by atoms with Gasteiger partial charge in [0.15, 0.2) is 0 Å². The van der Waals surface area contributed by atoms with E-state index in [-0.39, 0.29) is 23.2 Å². The van der Waals surface area contributed by atoms with E-state index in [1.807, 2.05) is 6.07 Å². The van der Waals surface area contributed by atoms with Crippen LogP contribution in [0.25, 0.3) is 0 Å². The second-order valence-electron chi connectivity index (χ2n) is 6.72. The molecule has 2 aromatic rings. The molecular formula is C19H25N5O4S. The molecule has 0 saturated carbocycles. The summed E-state index contributed by atoms with van der Waals surface area (Å²) in [7, 11) is -2.02. The van der Waals surface area contributed by atoms with Crippen molar-refractivity contribution in [2.24, 2.45) is 0 Å². The predicted molar refractivity (Wildman–Crippen MR) is 109 cm³/mol. The van der Waals surface area contributed by atoms with Crippen LogP contribution in [0.5, 0.6) is 0 Å². The Morgan fingerprint density at radius 2 is 2.03 bits per heavy atom. The van der Waals surface area contributed by atoms with Crippen LogP contribution in [0.2, 0.25) is 0 Å². The number of hydrogen-bond donors (Lipinski definition) is 4. The zero-order valence-corrected chi connectivity index (χ0v) is 16.9. The maximum Gasteiger partial charge on any atom is 0.319 e. The zero-order valence-electron chi connectivity index (χ0n) is 16.1. The van der Waals surface area contributed by atoms with E-state index in [4.69, 9.17) is 4.74 Å². The van der Waals surface area contributed by atoms with Gasteiger partial charge in [-0.1, -0.05) is 6.07 Å². The Morgan fingerprint density at radius 3 is 2.66 bits per heavy atom. The first-order chi connectivity index (χ1) is 14.0. The average molecular weight is 420 g/mol. The van der Waals surface area contributed by atoms with E-state index in [9.17, 15) is 13.2 Å². The number of amides is 2. The Bertz CT molecular complexity index is 898. The fourth-order valence-corrected chi connectivity index (χ4v) is 4.27. The Kier molecular flexibility index (Phi) is 7.15. The first-order valence-corrected chi connectivity index (χ1v) is 10.8. The van der Waals surface area contributed by atoms with Gasteiger partial charge in [-0.05, 0) is 48.7 Å². The molecule has 3 rings (SSSR count). The third-order valence-electron chi connectivity index (χ3n) is 4.57. The maximum atomic E-state index is 12.6. The summed E-state index contributed by atoms with van der Waals surface area (Å²) >= 11 is 0. The lowest BCUT2D eigenvalue weighted by Crippen LogP contribution is -2.49. The molecule has 2 amide bonds. The minimum Gasteiger partial charge on any atom is -0.367 e. The molecule has 0 aliphatic carbocycles. The van der Waals surface area contributed by atoms with Gasteiger partial charge in [0.1, 0.15) is 6.23 Å². The highest BCUT2D eigenvalue weighted by Gasteiger charge is 2.25. The average Bonchev–Trinajstić information content (AvgIpc) is 2.74. The number of piperidine rings is 1. The van der Waals surface area contributed by atoms with Crippen molar-refractivity contribution in [3.8, 4) is 0 Å². The number of carbonyl (C=O) groups excluding carboxylic acids is 1. The van der Waals surface area contributed by atoms with Crippen molar-refractivity contribution in [2.75, 3.05) is 19.0 Å². The van der Waals surface area contributed by atoms with Crippen LogP contribution in [-0.4, -0.2) is 45.4 Å². The number of methoxy groups -OCH3 is 1. The van der Waals surface area contributed by atoms with Crippen molar-refractivity contribution in [3.05, 3.63) is 54.4 Å². The molecular weight excluding hydrogens is 394 g/mol. The fourth-order valence-electron chi connectivity index (χ4n) is 3.00. The molecule has 0 bridgehead atoms. The molecule has 1 fully saturated rings. The molecule has 10 heteroatoms. The first kappa shape index (κ1) is 21.2. The number of carbonyl (C=O) groups is 1. The van der Waals surface area contributed by atoms with E-state index >= 15 is 0 Å². The molecule has 1 aliphatic heterocycles. The number of anilines is 1. The number of pyridine rings is 1. The van der Waals surface area contributed by atoms with E-state index in [1.54, 1.807) is 37.7 Å². The molecule has 2 heterocycles. The fraction of sp³-hybridized carbons (Fsp3) is 0.368. The molecule has 1 aromatic carbocycles. The SMILES string of the molecule is COC1CCC(NS(=O)(=O)c2ccc(NC(=O)NCc3cccnc3)cc2)CN1.